The molecule has 0 unspecified atom stereocenters. The van der Waals surface area contributed by atoms with Crippen LogP contribution in [0.1, 0.15) is 28.8 Å². The molecule has 5 rings (SSSR count). The van der Waals surface area contributed by atoms with Crippen LogP contribution in [0.25, 0.3) is 21.3 Å². The van der Waals surface area contributed by atoms with Gasteiger partial charge in [-0.15, -0.1) is 11.3 Å². The lowest BCUT2D eigenvalue weighted by Crippen LogP contribution is -2.35. The number of benzene rings is 3. The molecule has 0 spiro atoms. The normalized spacial score (nSPS) is 15.2. The Hall–Kier alpha value is -3.06. The SMILES string of the molecule is O=C(Nc1ccc2scnc2c1)c1ccc(-c2ccccc2)c(CN2CCC(O)CC2)c1. The van der Waals surface area contributed by atoms with E-state index in [0.29, 0.717) is 5.56 Å². The summed E-state index contributed by atoms with van der Waals surface area (Å²) in [7, 11) is 0. The number of carbonyl (C=O) groups excluding carboxylic acids is 1. The van der Waals surface area contributed by atoms with Gasteiger partial charge in [0, 0.05) is 30.9 Å². The number of nitrogens with one attached hydrogen (secondary N) is 1. The Labute approximate surface area is 191 Å². The molecule has 1 aliphatic heterocycles. The number of carbonyl (C=O) groups is 1. The zero-order valence-electron chi connectivity index (χ0n) is 17.7. The Morgan fingerprint density at radius 3 is 2.69 bits per heavy atom. The van der Waals surface area contributed by atoms with Crippen molar-refractivity contribution in [3.05, 3.63) is 83.4 Å². The van der Waals surface area contributed by atoms with Gasteiger partial charge in [0.15, 0.2) is 0 Å². The van der Waals surface area contributed by atoms with Crippen molar-refractivity contribution in [2.45, 2.75) is 25.5 Å². The molecule has 2 N–H and O–H groups in total. The van der Waals surface area contributed by atoms with Crippen LogP contribution in [0.4, 0.5) is 5.69 Å². The van der Waals surface area contributed by atoms with Crippen LogP contribution < -0.4 is 5.32 Å². The summed E-state index contributed by atoms with van der Waals surface area (Å²) in [6.45, 7) is 2.47. The standard InChI is InChI=1S/C26H25N3O2S/c30-22-10-12-29(13-11-22)16-20-14-19(6-8-23(20)18-4-2-1-3-5-18)26(31)28-21-7-9-25-24(15-21)27-17-32-25/h1-9,14-15,17,22,30H,10-13,16H2,(H,28,31). The van der Waals surface area contributed by atoms with Gasteiger partial charge in [0.2, 0.25) is 0 Å². The number of hydrogen-bond donors (Lipinski definition) is 2. The minimum atomic E-state index is -0.202. The third-order valence-corrected chi connectivity index (χ3v) is 6.80. The van der Waals surface area contributed by atoms with E-state index in [1.54, 1.807) is 11.3 Å². The molecule has 32 heavy (non-hydrogen) atoms. The smallest absolute Gasteiger partial charge is 0.255 e. The molecule has 0 radical (unpaired) electrons. The minimum absolute atomic E-state index is 0.130. The molecule has 0 aliphatic carbocycles. The van der Waals surface area contributed by atoms with Crippen molar-refractivity contribution in [1.82, 2.24) is 9.88 Å². The lowest BCUT2D eigenvalue weighted by molar-refractivity contribution is 0.0793. The van der Waals surface area contributed by atoms with E-state index in [1.165, 1.54) is 0 Å². The van der Waals surface area contributed by atoms with Crippen molar-refractivity contribution in [2.75, 3.05) is 18.4 Å². The fraction of sp³-hybridized carbons (Fsp3) is 0.231. The first-order valence-electron chi connectivity index (χ1n) is 10.9. The lowest BCUT2D eigenvalue weighted by atomic mass is 9.96. The maximum absolute atomic E-state index is 13.0. The van der Waals surface area contributed by atoms with Crippen molar-refractivity contribution < 1.29 is 9.90 Å². The van der Waals surface area contributed by atoms with Gasteiger partial charge in [-0.05, 0) is 59.9 Å². The highest BCUT2D eigenvalue weighted by molar-refractivity contribution is 7.16. The molecular formula is C26H25N3O2S. The molecule has 1 fully saturated rings. The van der Waals surface area contributed by atoms with E-state index < -0.39 is 0 Å². The molecule has 6 heteroatoms. The molecule has 1 aromatic heterocycles. The van der Waals surface area contributed by atoms with Gasteiger partial charge in [-0.1, -0.05) is 36.4 Å². The van der Waals surface area contributed by atoms with E-state index in [1.807, 2.05) is 60.1 Å². The number of aliphatic hydroxyl groups is 1. The average Bonchev–Trinajstić information content (AvgIpc) is 3.29. The zero-order valence-corrected chi connectivity index (χ0v) is 18.5. The van der Waals surface area contributed by atoms with Crippen LogP contribution in [0.15, 0.2) is 72.2 Å². The number of thiazole rings is 1. The Morgan fingerprint density at radius 1 is 1.06 bits per heavy atom. The molecule has 1 aliphatic rings. The maximum Gasteiger partial charge on any atom is 0.255 e. The zero-order chi connectivity index (χ0) is 21.9. The minimum Gasteiger partial charge on any atom is -0.393 e. The van der Waals surface area contributed by atoms with Crippen molar-refractivity contribution in [2.24, 2.45) is 0 Å². The Morgan fingerprint density at radius 2 is 1.88 bits per heavy atom. The number of rotatable bonds is 5. The quantitative estimate of drug-likeness (QED) is 0.446. The number of amides is 1. The Bertz CT molecular complexity index is 1230. The van der Waals surface area contributed by atoms with Crippen molar-refractivity contribution in [1.29, 1.82) is 0 Å². The van der Waals surface area contributed by atoms with Crippen molar-refractivity contribution in [3.8, 4) is 11.1 Å². The van der Waals surface area contributed by atoms with Crippen LogP contribution in [0.2, 0.25) is 0 Å². The van der Waals surface area contributed by atoms with Crippen LogP contribution in [-0.4, -0.2) is 40.1 Å². The monoisotopic (exact) mass is 443 g/mol. The molecule has 4 aromatic rings. The van der Waals surface area contributed by atoms with Gasteiger partial charge in [0.25, 0.3) is 5.91 Å². The fourth-order valence-electron chi connectivity index (χ4n) is 4.22. The first-order chi connectivity index (χ1) is 15.7. The van der Waals surface area contributed by atoms with E-state index in [0.717, 1.165) is 65.1 Å². The summed E-state index contributed by atoms with van der Waals surface area (Å²) in [5.41, 5.74) is 7.47. The second-order valence-electron chi connectivity index (χ2n) is 8.23. The largest absolute Gasteiger partial charge is 0.393 e. The number of anilines is 1. The number of piperidine rings is 1. The average molecular weight is 444 g/mol. The van der Waals surface area contributed by atoms with Crippen molar-refractivity contribution in [3.63, 3.8) is 0 Å². The predicted molar refractivity (Wildman–Crippen MR) is 130 cm³/mol. The van der Waals surface area contributed by atoms with Crippen LogP contribution >= 0.6 is 11.3 Å². The van der Waals surface area contributed by atoms with Crippen LogP contribution in [-0.2, 0) is 6.54 Å². The molecule has 1 amide bonds. The maximum atomic E-state index is 13.0. The summed E-state index contributed by atoms with van der Waals surface area (Å²) in [4.78, 5) is 19.7. The van der Waals surface area contributed by atoms with E-state index >= 15 is 0 Å². The van der Waals surface area contributed by atoms with Crippen molar-refractivity contribution >= 4 is 33.1 Å². The van der Waals surface area contributed by atoms with Crippen LogP contribution in [0, 0.1) is 0 Å². The Balaban J connectivity index is 1.42. The summed E-state index contributed by atoms with van der Waals surface area (Å²) in [6, 6.07) is 22.0. The van der Waals surface area contributed by atoms with Gasteiger partial charge in [0.05, 0.1) is 21.8 Å². The first-order valence-corrected chi connectivity index (χ1v) is 11.8. The first kappa shape index (κ1) is 20.8. The highest BCUT2D eigenvalue weighted by atomic mass is 32.1. The molecule has 0 bridgehead atoms. The van der Waals surface area contributed by atoms with Crippen LogP contribution in [0.5, 0.6) is 0 Å². The second kappa shape index (κ2) is 9.20. The predicted octanol–water partition coefficient (Wildman–Crippen LogP) is 5.17. The molecule has 5 nitrogen and oxygen atoms in total. The number of fused-ring (bicyclic) bond motifs is 1. The van der Waals surface area contributed by atoms with Crippen LogP contribution in [0.3, 0.4) is 0 Å². The highest BCUT2D eigenvalue weighted by Crippen LogP contribution is 2.28. The number of aliphatic hydroxyl groups excluding tert-OH is 1. The molecule has 0 atom stereocenters. The summed E-state index contributed by atoms with van der Waals surface area (Å²) in [6.07, 6.45) is 1.38. The number of aromatic nitrogens is 1. The molecule has 0 saturated carbocycles. The van der Waals surface area contributed by atoms with Gasteiger partial charge in [-0.3, -0.25) is 9.69 Å². The summed E-state index contributed by atoms with van der Waals surface area (Å²) in [5, 5.41) is 12.9. The molecule has 1 saturated heterocycles. The molecule has 2 heterocycles. The van der Waals surface area contributed by atoms with Gasteiger partial charge < -0.3 is 10.4 Å². The van der Waals surface area contributed by atoms with Gasteiger partial charge >= 0.3 is 0 Å². The Kier molecular flexibility index (Phi) is 5.99. The van der Waals surface area contributed by atoms with Gasteiger partial charge in [-0.2, -0.15) is 0 Å². The summed E-state index contributed by atoms with van der Waals surface area (Å²) in [5.74, 6) is -0.130. The third kappa shape index (κ3) is 4.58. The summed E-state index contributed by atoms with van der Waals surface area (Å²) >= 11 is 1.59. The topological polar surface area (TPSA) is 65.5 Å². The van der Waals surface area contributed by atoms with E-state index in [-0.39, 0.29) is 12.0 Å². The number of likely N-dealkylation sites (tertiary alicyclic amines) is 1. The lowest BCUT2D eigenvalue weighted by Gasteiger charge is -2.30. The fourth-order valence-corrected chi connectivity index (χ4v) is 4.88. The third-order valence-electron chi connectivity index (χ3n) is 5.99. The number of hydrogen-bond acceptors (Lipinski definition) is 5. The second-order valence-corrected chi connectivity index (χ2v) is 9.12. The van der Waals surface area contributed by atoms with E-state index in [2.05, 4.69) is 27.3 Å². The molecular weight excluding hydrogens is 418 g/mol. The molecule has 162 valence electrons. The van der Waals surface area contributed by atoms with E-state index in [9.17, 15) is 9.90 Å². The highest BCUT2D eigenvalue weighted by Gasteiger charge is 2.19. The van der Waals surface area contributed by atoms with Gasteiger partial charge in [-0.25, -0.2) is 4.98 Å². The van der Waals surface area contributed by atoms with Gasteiger partial charge in [0.1, 0.15) is 0 Å². The number of nitrogens with zero attached hydrogens (tertiary/aromatic N) is 2. The van der Waals surface area contributed by atoms with E-state index in [4.69, 9.17) is 0 Å². The molecule has 3 aromatic carbocycles. The summed E-state index contributed by atoms with van der Waals surface area (Å²) < 4.78 is 1.10.